The lowest BCUT2D eigenvalue weighted by atomic mass is 10.0. The summed E-state index contributed by atoms with van der Waals surface area (Å²) in [5.74, 6) is 1.97. The minimum absolute atomic E-state index is 0.650. The molecule has 0 amide bonds. The molecule has 0 unspecified atom stereocenters. The van der Waals surface area contributed by atoms with Crippen molar-refractivity contribution in [2.45, 2.75) is 0 Å². The molecule has 2 aromatic heterocycles. The second kappa shape index (κ2) is 11.4. The summed E-state index contributed by atoms with van der Waals surface area (Å²) in [6.45, 7) is 0. The van der Waals surface area contributed by atoms with Gasteiger partial charge in [0.15, 0.2) is 17.5 Å². The highest BCUT2D eigenvalue weighted by Crippen LogP contribution is 2.42. The molecule has 0 spiro atoms. The van der Waals surface area contributed by atoms with Crippen LogP contribution in [-0.2, 0) is 0 Å². The maximum absolute atomic E-state index is 5.18. The van der Waals surface area contributed by atoms with Gasteiger partial charge in [0.1, 0.15) is 0 Å². The van der Waals surface area contributed by atoms with Gasteiger partial charge >= 0.3 is 0 Å². The van der Waals surface area contributed by atoms with Gasteiger partial charge in [0.05, 0.1) is 0 Å². The molecule has 9 aromatic rings. The van der Waals surface area contributed by atoms with Crippen LogP contribution in [0.25, 0.3) is 87.4 Å². The quantitative estimate of drug-likeness (QED) is 0.193. The fourth-order valence-electron chi connectivity index (χ4n) is 6.41. The second-order valence-electron chi connectivity index (χ2n) is 11.6. The number of thiophene rings is 1. The number of aromatic nitrogens is 3. The van der Waals surface area contributed by atoms with E-state index >= 15 is 0 Å². The number of nitrogens with zero attached hydrogens (tertiary/aromatic N) is 3. The van der Waals surface area contributed by atoms with Crippen LogP contribution in [0, 0.1) is 0 Å². The normalized spacial score (nSPS) is 11.4. The molecule has 0 N–H and O–H groups in total. The largest absolute Gasteiger partial charge is 0.208 e. The fraction of sp³-hybridized carbons (Fsp3) is 0. The van der Waals surface area contributed by atoms with Gasteiger partial charge in [-0.05, 0) is 45.2 Å². The number of benzene rings is 7. The first kappa shape index (κ1) is 27.3. The molecule has 0 saturated carbocycles. The molecule has 0 aliphatic carbocycles. The van der Waals surface area contributed by atoms with Gasteiger partial charge in [-0.3, -0.25) is 0 Å². The average Bonchev–Trinajstić information content (AvgIpc) is 3.55. The summed E-state index contributed by atoms with van der Waals surface area (Å²) >= 11 is 1.83. The van der Waals surface area contributed by atoms with Crippen LogP contribution in [0.5, 0.6) is 0 Å². The molecule has 0 bridgehead atoms. The Kier molecular flexibility index (Phi) is 6.65. The highest BCUT2D eigenvalue weighted by molar-refractivity contribution is 7.26. The lowest BCUT2D eigenvalue weighted by Gasteiger charge is -2.11. The second-order valence-corrected chi connectivity index (χ2v) is 12.7. The standard InChI is InChI=1S/C43H27N3S/c1-3-11-28(12-4-1)30-21-23-32(24-22-30)41-44-42(34-17-9-16-33(27-34)29-13-5-2-6-14-29)46-43(45-41)37-19-10-20-38-39(37)36-26-25-31-15-7-8-18-35(31)40(36)47-38/h1-27H. The fourth-order valence-corrected chi connectivity index (χ4v) is 7.67. The summed E-state index contributed by atoms with van der Waals surface area (Å²) in [7, 11) is 0. The maximum Gasteiger partial charge on any atom is 0.164 e. The van der Waals surface area contributed by atoms with E-state index in [1.807, 2.05) is 23.5 Å². The van der Waals surface area contributed by atoms with Crippen molar-refractivity contribution in [1.82, 2.24) is 15.0 Å². The van der Waals surface area contributed by atoms with Crippen LogP contribution in [0.15, 0.2) is 164 Å². The van der Waals surface area contributed by atoms with Crippen molar-refractivity contribution in [1.29, 1.82) is 0 Å². The lowest BCUT2D eigenvalue weighted by Crippen LogP contribution is -2.00. The van der Waals surface area contributed by atoms with Crippen LogP contribution in [0.2, 0.25) is 0 Å². The van der Waals surface area contributed by atoms with Gasteiger partial charge in [-0.25, -0.2) is 15.0 Å². The van der Waals surface area contributed by atoms with Crippen molar-refractivity contribution in [3.8, 4) is 56.4 Å². The van der Waals surface area contributed by atoms with Gasteiger partial charge in [-0.1, -0.05) is 152 Å². The molecule has 47 heavy (non-hydrogen) atoms. The number of hydrogen-bond acceptors (Lipinski definition) is 4. The van der Waals surface area contributed by atoms with E-state index < -0.39 is 0 Å². The van der Waals surface area contributed by atoms with E-state index in [0.29, 0.717) is 17.5 Å². The SMILES string of the molecule is c1ccc(-c2ccc(-c3nc(-c4cccc(-c5ccccc5)c4)nc(-c4cccc5sc6c7ccccc7ccc6c45)n3)cc2)cc1. The van der Waals surface area contributed by atoms with Crippen LogP contribution >= 0.6 is 11.3 Å². The van der Waals surface area contributed by atoms with Gasteiger partial charge in [0, 0.05) is 36.9 Å². The molecule has 3 nitrogen and oxygen atoms in total. The van der Waals surface area contributed by atoms with Gasteiger partial charge in [0.2, 0.25) is 0 Å². The number of hydrogen-bond donors (Lipinski definition) is 0. The summed E-state index contributed by atoms with van der Waals surface area (Å²) in [6, 6.07) is 57.3. The Morgan fingerprint density at radius 2 is 0.936 bits per heavy atom. The van der Waals surface area contributed by atoms with E-state index in [9.17, 15) is 0 Å². The van der Waals surface area contributed by atoms with Crippen LogP contribution < -0.4 is 0 Å². The van der Waals surface area contributed by atoms with E-state index in [1.165, 1.54) is 36.5 Å². The zero-order chi connectivity index (χ0) is 31.2. The first-order valence-corrected chi connectivity index (χ1v) is 16.5. The van der Waals surface area contributed by atoms with Gasteiger partial charge < -0.3 is 0 Å². The predicted octanol–water partition coefficient (Wildman–Crippen LogP) is 11.7. The minimum atomic E-state index is 0.650. The smallest absolute Gasteiger partial charge is 0.164 e. The minimum Gasteiger partial charge on any atom is -0.208 e. The molecule has 220 valence electrons. The van der Waals surface area contributed by atoms with E-state index in [-0.39, 0.29) is 0 Å². The Labute approximate surface area is 276 Å². The van der Waals surface area contributed by atoms with Crippen molar-refractivity contribution < 1.29 is 0 Å². The van der Waals surface area contributed by atoms with Crippen molar-refractivity contribution in [2.75, 3.05) is 0 Å². The van der Waals surface area contributed by atoms with Crippen LogP contribution in [0.4, 0.5) is 0 Å². The average molecular weight is 618 g/mol. The molecular formula is C43H27N3S. The molecule has 2 heterocycles. The Balaban J connectivity index is 1.25. The molecule has 0 saturated heterocycles. The van der Waals surface area contributed by atoms with Crippen molar-refractivity contribution in [3.63, 3.8) is 0 Å². The van der Waals surface area contributed by atoms with Gasteiger partial charge in [0.25, 0.3) is 0 Å². The van der Waals surface area contributed by atoms with E-state index in [4.69, 9.17) is 15.0 Å². The Morgan fingerprint density at radius 3 is 1.72 bits per heavy atom. The summed E-state index contributed by atoms with van der Waals surface area (Å²) in [4.78, 5) is 15.4. The zero-order valence-electron chi connectivity index (χ0n) is 25.3. The summed E-state index contributed by atoms with van der Waals surface area (Å²) in [6.07, 6.45) is 0. The van der Waals surface area contributed by atoms with E-state index in [2.05, 4.69) is 152 Å². The Morgan fingerprint density at radius 1 is 0.362 bits per heavy atom. The van der Waals surface area contributed by atoms with Crippen molar-refractivity contribution in [3.05, 3.63) is 164 Å². The summed E-state index contributed by atoms with van der Waals surface area (Å²) in [5.41, 5.74) is 7.51. The highest BCUT2D eigenvalue weighted by atomic mass is 32.1. The van der Waals surface area contributed by atoms with Crippen LogP contribution in [0.3, 0.4) is 0 Å². The number of rotatable bonds is 5. The molecule has 0 radical (unpaired) electrons. The molecule has 0 aliphatic rings. The zero-order valence-corrected chi connectivity index (χ0v) is 26.2. The summed E-state index contributed by atoms with van der Waals surface area (Å²) in [5, 5.41) is 4.92. The molecule has 0 aliphatic heterocycles. The van der Waals surface area contributed by atoms with Crippen molar-refractivity contribution in [2.24, 2.45) is 0 Å². The maximum atomic E-state index is 5.18. The third-order valence-corrected chi connectivity index (χ3v) is 9.95. The monoisotopic (exact) mass is 617 g/mol. The molecule has 4 heteroatoms. The molecule has 7 aromatic carbocycles. The molecule has 9 rings (SSSR count). The first-order chi connectivity index (χ1) is 23.3. The van der Waals surface area contributed by atoms with Gasteiger partial charge in [-0.2, -0.15) is 0 Å². The van der Waals surface area contributed by atoms with Crippen LogP contribution in [0.1, 0.15) is 0 Å². The third kappa shape index (κ3) is 4.96. The molecular weight excluding hydrogens is 591 g/mol. The number of fused-ring (bicyclic) bond motifs is 5. The highest BCUT2D eigenvalue weighted by Gasteiger charge is 2.18. The van der Waals surface area contributed by atoms with Crippen molar-refractivity contribution >= 4 is 42.3 Å². The Hall–Kier alpha value is -5.97. The van der Waals surface area contributed by atoms with E-state index in [1.54, 1.807) is 0 Å². The van der Waals surface area contributed by atoms with Gasteiger partial charge in [-0.15, -0.1) is 11.3 Å². The third-order valence-electron chi connectivity index (χ3n) is 8.74. The Bertz CT molecular complexity index is 2550. The van der Waals surface area contributed by atoms with E-state index in [0.717, 1.165) is 33.4 Å². The predicted molar refractivity (Wildman–Crippen MR) is 197 cm³/mol. The molecule has 0 atom stereocenters. The summed E-state index contributed by atoms with van der Waals surface area (Å²) < 4.78 is 2.50. The lowest BCUT2D eigenvalue weighted by molar-refractivity contribution is 1.08. The first-order valence-electron chi connectivity index (χ1n) is 15.7. The van der Waals surface area contributed by atoms with Crippen LogP contribution in [-0.4, -0.2) is 15.0 Å². The molecule has 0 fully saturated rings. The topological polar surface area (TPSA) is 38.7 Å².